The number of fused-ring (bicyclic) bond motifs is 1. The maximum Gasteiger partial charge on any atom is 0.0802 e. The molecule has 0 aliphatic rings. The number of nitrogens with zero attached hydrogens (tertiary/aromatic N) is 1. The van der Waals surface area contributed by atoms with E-state index in [-0.39, 0.29) is 0 Å². The summed E-state index contributed by atoms with van der Waals surface area (Å²) < 4.78 is 1.33. The number of aryl methyl sites for hydroxylation is 1. The van der Waals surface area contributed by atoms with Crippen LogP contribution in [0.1, 0.15) is 5.56 Å². The fourth-order valence-electron chi connectivity index (χ4n) is 1.80. The molecule has 3 rings (SSSR count). The molecule has 1 aromatic carbocycles. The van der Waals surface area contributed by atoms with Gasteiger partial charge in [0, 0.05) is 10.9 Å². The van der Waals surface area contributed by atoms with Crippen molar-refractivity contribution in [2.24, 2.45) is 0 Å². The molecule has 0 unspecified atom stereocenters. The van der Waals surface area contributed by atoms with Gasteiger partial charge in [0.2, 0.25) is 0 Å². The molecule has 0 aliphatic heterocycles. The summed E-state index contributed by atoms with van der Waals surface area (Å²) in [4.78, 5) is 5.61. The number of hydrogen-bond donors (Lipinski definition) is 0. The number of benzene rings is 1. The zero-order valence-electron chi connectivity index (χ0n) is 8.97. The van der Waals surface area contributed by atoms with E-state index >= 15 is 0 Å². The SMILES string of the molecule is Cc1ccc2sc(-c3ccccn3)cc2c1. The second-order valence-electron chi connectivity index (χ2n) is 3.87. The average Bonchev–Trinajstić information content (AvgIpc) is 2.73. The minimum atomic E-state index is 1.06. The monoisotopic (exact) mass is 225 g/mol. The number of rotatable bonds is 1. The van der Waals surface area contributed by atoms with Crippen LogP contribution in [0.25, 0.3) is 20.7 Å². The highest BCUT2D eigenvalue weighted by Crippen LogP contribution is 2.32. The fraction of sp³-hybridized carbons (Fsp3) is 0.0714. The van der Waals surface area contributed by atoms with Crippen molar-refractivity contribution in [3.63, 3.8) is 0 Å². The molecule has 0 aliphatic carbocycles. The van der Waals surface area contributed by atoms with Crippen LogP contribution in [0.15, 0.2) is 48.7 Å². The summed E-state index contributed by atoms with van der Waals surface area (Å²) in [6, 6.07) is 14.8. The van der Waals surface area contributed by atoms with E-state index in [0.29, 0.717) is 0 Å². The summed E-state index contributed by atoms with van der Waals surface area (Å²) in [6.45, 7) is 2.12. The third-order valence-electron chi connectivity index (χ3n) is 2.59. The molecular formula is C14H11NS. The maximum absolute atomic E-state index is 4.38. The second kappa shape index (κ2) is 3.72. The van der Waals surface area contributed by atoms with Crippen LogP contribution in [0.4, 0.5) is 0 Å². The van der Waals surface area contributed by atoms with Crippen molar-refractivity contribution in [2.45, 2.75) is 6.92 Å². The van der Waals surface area contributed by atoms with Crippen LogP contribution >= 0.6 is 11.3 Å². The van der Waals surface area contributed by atoms with E-state index in [9.17, 15) is 0 Å². The second-order valence-corrected chi connectivity index (χ2v) is 4.95. The van der Waals surface area contributed by atoms with Crippen LogP contribution in [0.2, 0.25) is 0 Å². The Morgan fingerprint density at radius 1 is 1.06 bits per heavy atom. The van der Waals surface area contributed by atoms with Crippen LogP contribution in [-0.2, 0) is 0 Å². The summed E-state index contributed by atoms with van der Waals surface area (Å²) in [5.41, 5.74) is 2.36. The third kappa shape index (κ3) is 1.61. The quantitative estimate of drug-likeness (QED) is 0.602. The van der Waals surface area contributed by atoms with Gasteiger partial charge in [-0.25, -0.2) is 0 Å². The van der Waals surface area contributed by atoms with E-state index in [2.05, 4.69) is 42.2 Å². The molecule has 0 amide bonds. The summed E-state index contributed by atoms with van der Waals surface area (Å²) >= 11 is 1.80. The van der Waals surface area contributed by atoms with Gasteiger partial charge in [-0.3, -0.25) is 4.98 Å². The van der Waals surface area contributed by atoms with Gasteiger partial charge in [-0.05, 0) is 36.6 Å². The predicted octanol–water partition coefficient (Wildman–Crippen LogP) is 4.27. The predicted molar refractivity (Wildman–Crippen MR) is 69.8 cm³/mol. The van der Waals surface area contributed by atoms with E-state index < -0.39 is 0 Å². The van der Waals surface area contributed by atoms with Crippen molar-refractivity contribution in [1.29, 1.82) is 0 Å². The molecule has 0 atom stereocenters. The Morgan fingerprint density at radius 3 is 2.81 bits per heavy atom. The van der Waals surface area contributed by atoms with Gasteiger partial charge in [0.1, 0.15) is 0 Å². The van der Waals surface area contributed by atoms with Gasteiger partial charge < -0.3 is 0 Å². The molecule has 3 aromatic rings. The Labute approximate surface area is 98.4 Å². The lowest BCUT2D eigenvalue weighted by Gasteiger charge is -1.92. The fourth-order valence-corrected chi connectivity index (χ4v) is 2.82. The van der Waals surface area contributed by atoms with Gasteiger partial charge in [-0.1, -0.05) is 23.8 Å². The molecule has 0 N–H and O–H groups in total. The smallest absolute Gasteiger partial charge is 0.0802 e. The Bertz CT molecular complexity index is 626. The molecule has 78 valence electrons. The molecule has 0 bridgehead atoms. The lowest BCUT2D eigenvalue weighted by atomic mass is 10.2. The molecule has 0 radical (unpaired) electrons. The van der Waals surface area contributed by atoms with Crippen LogP contribution in [0.3, 0.4) is 0 Å². The largest absolute Gasteiger partial charge is 0.255 e. The van der Waals surface area contributed by atoms with Gasteiger partial charge >= 0.3 is 0 Å². The highest BCUT2D eigenvalue weighted by molar-refractivity contribution is 7.22. The van der Waals surface area contributed by atoms with E-state index in [0.717, 1.165) is 5.69 Å². The zero-order chi connectivity index (χ0) is 11.0. The van der Waals surface area contributed by atoms with E-state index in [1.165, 1.54) is 20.5 Å². The van der Waals surface area contributed by atoms with Crippen LogP contribution in [0, 0.1) is 6.92 Å². The first-order valence-corrected chi connectivity index (χ1v) is 6.06. The van der Waals surface area contributed by atoms with Crippen molar-refractivity contribution in [3.8, 4) is 10.6 Å². The van der Waals surface area contributed by atoms with Gasteiger partial charge in [0.05, 0.1) is 10.6 Å². The molecule has 0 spiro atoms. The molecule has 2 heteroatoms. The molecule has 0 saturated carbocycles. The highest BCUT2D eigenvalue weighted by Gasteiger charge is 2.04. The number of hydrogen-bond acceptors (Lipinski definition) is 2. The van der Waals surface area contributed by atoms with Gasteiger partial charge in [-0.2, -0.15) is 0 Å². The van der Waals surface area contributed by atoms with Crippen molar-refractivity contribution in [1.82, 2.24) is 4.98 Å². The van der Waals surface area contributed by atoms with Gasteiger partial charge in [0.15, 0.2) is 0 Å². The minimum Gasteiger partial charge on any atom is -0.255 e. The average molecular weight is 225 g/mol. The van der Waals surface area contributed by atoms with Crippen molar-refractivity contribution >= 4 is 21.4 Å². The van der Waals surface area contributed by atoms with Crippen LogP contribution in [0.5, 0.6) is 0 Å². The summed E-state index contributed by atoms with van der Waals surface area (Å²) in [6.07, 6.45) is 1.84. The maximum atomic E-state index is 4.38. The topological polar surface area (TPSA) is 12.9 Å². The highest BCUT2D eigenvalue weighted by atomic mass is 32.1. The number of thiophene rings is 1. The standard InChI is InChI=1S/C14H11NS/c1-10-5-6-13-11(8-10)9-14(16-13)12-4-2-3-7-15-12/h2-9H,1H3. The van der Waals surface area contributed by atoms with Crippen LogP contribution < -0.4 is 0 Å². The molecular weight excluding hydrogens is 214 g/mol. The molecule has 2 aromatic heterocycles. The van der Waals surface area contributed by atoms with Crippen molar-refractivity contribution in [3.05, 3.63) is 54.2 Å². The normalized spacial score (nSPS) is 10.8. The first-order valence-electron chi connectivity index (χ1n) is 5.24. The Balaban J connectivity index is 2.19. The van der Waals surface area contributed by atoms with Gasteiger partial charge in [-0.15, -0.1) is 11.3 Å². The first kappa shape index (κ1) is 9.55. The van der Waals surface area contributed by atoms with Crippen molar-refractivity contribution < 1.29 is 0 Å². The third-order valence-corrected chi connectivity index (χ3v) is 3.73. The number of pyridine rings is 1. The minimum absolute atomic E-state index is 1.06. The molecule has 0 saturated heterocycles. The summed E-state index contributed by atoms with van der Waals surface area (Å²) in [5.74, 6) is 0. The van der Waals surface area contributed by atoms with Gasteiger partial charge in [0.25, 0.3) is 0 Å². The first-order chi connectivity index (χ1) is 7.83. The summed E-state index contributed by atoms with van der Waals surface area (Å²) in [5, 5.41) is 1.31. The Kier molecular flexibility index (Phi) is 2.22. The molecule has 0 fully saturated rings. The lowest BCUT2D eigenvalue weighted by molar-refractivity contribution is 1.34. The van der Waals surface area contributed by atoms with E-state index in [1.807, 2.05) is 18.3 Å². The molecule has 2 heterocycles. The van der Waals surface area contributed by atoms with E-state index in [4.69, 9.17) is 0 Å². The zero-order valence-corrected chi connectivity index (χ0v) is 9.79. The number of aromatic nitrogens is 1. The lowest BCUT2D eigenvalue weighted by Crippen LogP contribution is -1.75. The Hall–Kier alpha value is -1.67. The van der Waals surface area contributed by atoms with Crippen LogP contribution in [-0.4, -0.2) is 4.98 Å². The molecule has 16 heavy (non-hydrogen) atoms. The van der Waals surface area contributed by atoms with E-state index in [1.54, 1.807) is 11.3 Å². The Morgan fingerprint density at radius 2 is 2.00 bits per heavy atom. The summed E-state index contributed by atoms with van der Waals surface area (Å²) in [7, 11) is 0. The molecule has 1 nitrogen and oxygen atoms in total. The van der Waals surface area contributed by atoms with Crippen molar-refractivity contribution in [2.75, 3.05) is 0 Å².